The van der Waals surface area contributed by atoms with Gasteiger partial charge >= 0.3 is 0 Å². The van der Waals surface area contributed by atoms with Crippen molar-refractivity contribution < 1.29 is 4.74 Å². The molecule has 0 aliphatic carbocycles. The Labute approximate surface area is 67.0 Å². The van der Waals surface area contributed by atoms with E-state index >= 15 is 0 Å². The van der Waals surface area contributed by atoms with Crippen LogP contribution >= 0.6 is 0 Å². The first-order valence-electron chi connectivity index (χ1n) is 3.79. The molecule has 0 bridgehead atoms. The van der Waals surface area contributed by atoms with E-state index in [9.17, 15) is 0 Å². The SMILES string of the molecule is [C]1C=CN(C2CCCO2)[C]N1. The van der Waals surface area contributed by atoms with Gasteiger partial charge in [0.1, 0.15) is 6.23 Å². The topological polar surface area (TPSA) is 24.5 Å². The minimum absolute atomic E-state index is 0.181. The van der Waals surface area contributed by atoms with Gasteiger partial charge in [-0.3, -0.25) is 5.32 Å². The summed E-state index contributed by atoms with van der Waals surface area (Å²) < 4.78 is 5.44. The van der Waals surface area contributed by atoms with E-state index in [4.69, 9.17) is 4.74 Å². The number of nitrogens with zero attached hydrogens (tertiary/aromatic N) is 1. The van der Waals surface area contributed by atoms with E-state index in [2.05, 4.69) is 18.5 Å². The fraction of sp³-hybridized carbons (Fsp3) is 0.500. The quantitative estimate of drug-likeness (QED) is 0.591. The third-order valence-electron chi connectivity index (χ3n) is 1.79. The van der Waals surface area contributed by atoms with Crippen LogP contribution in [0.2, 0.25) is 0 Å². The van der Waals surface area contributed by atoms with Crippen molar-refractivity contribution in [2.75, 3.05) is 6.61 Å². The Balaban J connectivity index is 1.91. The monoisotopic (exact) mass is 150 g/mol. The van der Waals surface area contributed by atoms with Crippen LogP contribution in [0.4, 0.5) is 0 Å². The second-order valence-electron chi connectivity index (χ2n) is 2.57. The van der Waals surface area contributed by atoms with E-state index in [1.807, 2.05) is 17.2 Å². The number of hydrogen-bond donors (Lipinski definition) is 1. The van der Waals surface area contributed by atoms with Gasteiger partial charge in [-0.15, -0.1) is 0 Å². The summed E-state index contributed by atoms with van der Waals surface area (Å²) in [6, 6.07) is 0. The molecule has 1 N–H and O–H groups in total. The van der Waals surface area contributed by atoms with Crippen molar-refractivity contribution in [2.24, 2.45) is 0 Å². The second-order valence-corrected chi connectivity index (χ2v) is 2.57. The van der Waals surface area contributed by atoms with Gasteiger partial charge < -0.3 is 9.64 Å². The van der Waals surface area contributed by atoms with E-state index in [-0.39, 0.29) is 6.23 Å². The molecule has 0 aromatic rings. The van der Waals surface area contributed by atoms with Gasteiger partial charge in [0.15, 0.2) is 6.67 Å². The van der Waals surface area contributed by atoms with Crippen molar-refractivity contribution in [1.82, 2.24) is 10.2 Å². The molecule has 0 amide bonds. The van der Waals surface area contributed by atoms with Crippen LogP contribution in [0.3, 0.4) is 0 Å². The fourth-order valence-corrected chi connectivity index (χ4v) is 1.24. The Morgan fingerprint density at radius 2 is 2.64 bits per heavy atom. The molecule has 3 heteroatoms. The van der Waals surface area contributed by atoms with Crippen LogP contribution in [-0.4, -0.2) is 17.7 Å². The lowest BCUT2D eigenvalue weighted by molar-refractivity contribution is 0.0184. The maximum Gasteiger partial charge on any atom is 0.176 e. The molecule has 3 nitrogen and oxygen atoms in total. The van der Waals surface area contributed by atoms with E-state index in [1.165, 1.54) is 0 Å². The Bertz CT molecular complexity index is 152. The van der Waals surface area contributed by atoms with Crippen molar-refractivity contribution in [3.63, 3.8) is 0 Å². The molecule has 2 rings (SSSR count). The molecular weight excluding hydrogens is 140 g/mol. The maximum atomic E-state index is 5.44. The van der Waals surface area contributed by atoms with Crippen molar-refractivity contribution in [3.8, 4) is 0 Å². The van der Waals surface area contributed by atoms with Gasteiger partial charge in [-0.25, -0.2) is 0 Å². The average Bonchev–Trinajstić information content (AvgIpc) is 2.58. The van der Waals surface area contributed by atoms with Crippen LogP contribution < -0.4 is 5.32 Å². The Hall–Kier alpha value is -0.540. The van der Waals surface area contributed by atoms with E-state index in [0.29, 0.717) is 0 Å². The first kappa shape index (κ1) is 7.13. The lowest BCUT2D eigenvalue weighted by Crippen LogP contribution is -2.34. The van der Waals surface area contributed by atoms with Crippen LogP contribution in [0.1, 0.15) is 12.8 Å². The minimum atomic E-state index is 0.181. The number of hydrogen-bond acceptors (Lipinski definition) is 3. The van der Waals surface area contributed by atoms with E-state index in [0.717, 1.165) is 19.4 Å². The summed E-state index contributed by atoms with van der Waals surface area (Å²) in [6.45, 7) is 6.59. The smallest absolute Gasteiger partial charge is 0.176 e. The molecule has 1 saturated heterocycles. The first-order valence-corrected chi connectivity index (χ1v) is 3.79. The zero-order valence-electron chi connectivity index (χ0n) is 6.21. The van der Waals surface area contributed by atoms with Crippen LogP contribution in [0.15, 0.2) is 12.3 Å². The zero-order valence-corrected chi connectivity index (χ0v) is 6.21. The molecule has 0 saturated carbocycles. The third-order valence-corrected chi connectivity index (χ3v) is 1.79. The molecule has 2 aliphatic heterocycles. The predicted molar refractivity (Wildman–Crippen MR) is 39.6 cm³/mol. The van der Waals surface area contributed by atoms with Gasteiger partial charge in [-0.2, -0.15) is 0 Å². The summed E-state index contributed by atoms with van der Waals surface area (Å²) in [5.41, 5.74) is 0. The van der Waals surface area contributed by atoms with Crippen molar-refractivity contribution in [1.29, 1.82) is 0 Å². The van der Waals surface area contributed by atoms with Crippen LogP contribution in [0, 0.1) is 13.2 Å². The number of rotatable bonds is 1. The molecule has 11 heavy (non-hydrogen) atoms. The largest absolute Gasteiger partial charge is 0.358 e. The van der Waals surface area contributed by atoms with Crippen molar-refractivity contribution >= 4 is 0 Å². The summed E-state index contributed by atoms with van der Waals surface area (Å²) in [7, 11) is 0. The Morgan fingerprint density at radius 1 is 1.64 bits per heavy atom. The molecule has 0 aromatic heterocycles. The van der Waals surface area contributed by atoms with Gasteiger partial charge in [-0.1, -0.05) is 0 Å². The highest BCUT2D eigenvalue weighted by molar-refractivity contribution is 5.02. The second kappa shape index (κ2) is 3.24. The summed E-state index contributed by atoms with van der Waals surface area (Å²) in [5.74, 6) is 0. The molecule has 58 valence electrons. The molecule has 2 aliphatic rings. The summed E-state index contributed by atoms with van der Waals surface area (Å²) in [6.07, 6.45) is 6.13. The lowest BCUT2D eigenvalue weighted by Gasteiger charge is -2.27. The molecule has 0 spiro atoms. The Morgan fingerprint density at radius 3 is 3.27 bits per heavy atom. The summed E-state index contributed by atoms with van der Waals surface area (Å²) >= 11 is 0. The van der Waals surface area contributed by atoms with Crippen LogP contribution in [0.25, 0.3) is 0 Å². The van der Waals surface area contributed by atoms with Gasteiger partial charge in [0.2, 0.25) is 0 Å². The lowest BCUT2D eigenvalue weighted by atomic mass is 10.3. The molecule has 0 aromatic carbocycles. The fourth-order valence-electron chi connectivity index (χ4n) is 1.24. The molecule has 1 unspecified atom stereocenters. The molecule has 4 radical (unpaired) electrons. The normalized spacial score (nSPS) is 31.3. The van der Waals surface area contributed by atoms with Crippen LogP contribution in [0.5, 0.6) is 0 Å². The summed E-state index contributed by atoms with van der Waals surface area (Å²) in [5, 5.41) is 2.77. The van der Waals surface area contributed by atoms with Crippen LogP contribution in [-0.2, 0) is 4.74 Å². The number of nitrogens with one attached hydrogen (secondary N) is 1. The highest BCUT2D eigenvalue weighted by atomic mass is 16.5. The molecule has 1 fully saturated rings. The Kier molecular flexibility index (Phi) is 2.10. The van der Waals surface area contributed by atoms with Gasteiger partial charge in [0.05, 0.1) is 6.54 Å². The zero-order chi connectivity index (χ0) is 7.52. The first-order chi connectivity index (χ1) is 5.47. The maximum absolute atomic E-state index is 5.44. The van der Waals surface area contributed by atoms with Crippen molar-refractivity contribution in [2.45, 2.75) is 19.1 Å². The minimum Gasteiger partial charge on any atom is -0.358 e. The van der Waals surface area contributed by atoms with E-state index in [1.54, 1.807) is 0 Å². The molecule has 2 heterocycles. The van der Waals surface area contributed by atoms with E-state index < -0.39 is 0 Å². The summed E-state index contributed by atoms with van der Waals surface area (Å²) in [4.78, 5) is 1.91. The van der Waals surface area contributed by atoms with Gasteiger partial charge in [-0.05, 0) is 18.9 Å². The van der Waals surface area contributed by atoms with Gasteiger partial charge in [0.25, 0.3) is 0 Å². The highest BCUT2D eigenvalue weighted by Crippen LogP contribution is 2.18. The molecular formula is C8H10N2O. The third kappa shape index (κ3) is 1.54. The average molecular weight is 150 g/mol. The van der Waals surface area contributed by atoms with Gasteiger partial charge in [0, 0.05) is 12.8 Å². The highest BCUT2D eigenvalue weighted by Gasteiger charge is 2.22. The molecule has 1 atom stereocenters. The standard InChI is InChI=1S/C8H10N2O/c1-3-8(11-6-1)10-5-2-4-9-7-10/h2,5,8-9H,1,3,6H2. The number of ether oxygens (including phenoxy) is 1. The predicted octanol–water partition coefficient (Wildman–Crippen LogP) is 0.577. The van der Waals surface area contributed by atoms with Crippen molar-refractivity contribution in [3.05, 3.63) is 25.5 Å².